The van der Waals surface area contributed by atoms with Gasteiger partial charge in [-0.05, 0) is 36.8 Å². The van der Waals surface area contributed by atoms with Crippen molar-refractivity contribution in [1.29, 1.82) is 0 Å². The molecule has 2 atom stereocenters. The highest BCUT2D eigenvalue weighted by atomic mass is 16.2. The molecule has 2 heterocycles. The van der Waals surface area contributed by atoms with Gasteiger partial charge in [0.05, 0.1) is 0 Å². The van der Waals surface area contributed by atoms with Gasteiger partial charge < -0.3 is 9.80 Å². The summed E-state index contributed by atoms with van der Waals surface area (Å²) in [5, 5.41) is 0. The number of hydrogen-bond acceptors (Lipinski definition) is 2. The van der Waals surface area contributed by atoms with Crippen LogP contribution in [0, 0.1) is 11.8 Å². The number of carbonyl (C=O) groups is 1. The normalized spacial score (nSPS) is 27.0. The maximum Gasteiger partial charge on any atom is 0.225 e. The highest BCUT2D eigenvalue weighted by Crippen LogP contribution is 2.45. The first kappa shape index (κ1) is 14.1. The van der Waals surface area contributed by atoms with Crippen LogP contribution in [0.15, 0.2) is 24.3 Å². The van der Waals surface area contributed by atoms with Gasteiger partial charge in [-0.25, -0.2) is 0 Å². The molecule has 3 heteroatoms. The number of piperidine rings is 1. The molecule has 0 bridgehead atoms. The van der Waals surface area contributed by atoms with E-state index in [1.165, 1.54) is 11.3 Å². The van der Waals surface area contributed by atoms with E-state index in [9.17, 15) is 4.79 Å². The van der Waals surface area contributed by atoms with E-state index in [1.807, 2.05) is 0 Å². The Balaban J connectivity index is 1.60. The van der Waals surface area contributed by atoms with Gasteiger partial charge in [0.25, 0.3) is 0 Å². The van der Waals surface area contributed by atoms with Crippen LogP contribution in [-0.4, -0.2) is 36.5 Å². The van der Waals surface area contributed by atoms with Crippen LogP contribution in [-0.2, 0) is 4.79 Å². The minimum atomic E-state index is 0.347. The summed E-state index contributed by atoms with van der Waals surface area (Å²) in [4.78, 5) is 17.2. The Bertz CT molecular complexity index is 579. The molecule has 0 spiro atoms. The molecule has 1 amide bonds. The second-order valence-electron chi connectivity index (χ2n) is 7.63. The van der Waals surface area contributed by atoms with Crippen molar-refractivity contribution in [2.75, 3.05) is 24.5 Å². The van der Waals surface area contributed by atoms with Gasteiger partial charge in [0.15, 0.2) is 0 Å². The molecule has 0 aromatic heterocycles. The first-order valence-electron chi connectivity index (χ1n) is 8.79. The molecule has 3 aliphatic rings. The molecule has 118 valence electrons. The third kappa shape index (κ3) is 2.31. The number of nitrogens with zero attached hydrogens (tertiary/aromatic N) is 2. The molecule has 2 fully saturated rings. The Hall–Kier alpha value is -1.51. The van der Waals surface area contributed by atoms with Crippen LogP contribution in [0.2, 0.25) is 0 Å². The first-order chi connectivity index (χ1) is 10.6. The summed E-state index contributed by atoms with van der Waals surface area (Å²) >= 11 is 0. The van der Waals surface area contributed by atoms with Gasteiger partial charge in [-0.3, -0.25) is 4.79 Å². The number of fused-ring (bicyclic) bond motifs is 3. The lowest BCUT2D eigenvalue weighted by Gasteiger charge is -2.39. The van der Waals surface area contributed by atoms with Gasteiger partial charge >= 0.3 is 0 Å². The van der Waals surface area contributed by atoms with Crippen molar-refractivity contribution in [1.82, 2.24) is 4.90 Å². The molecule has 4 rings (SSSR count). The third-order valence-corrected chi connectivity index (χ3v) is 5.42. The molecular formula is C19H26N2O. The molecule has 0 N–H and O–H groups in total. The van der Waals surface area contributed by atoms with Gasteiger partial charge in [-0.15, -0.1) is 0 Å². The number of carbonyl (C=O) groups excluding carboxylic acids is 1. The van der Waals surface area contributed by atoms with Crippen molar-refractivity contribution in [2.24, 2.45) is 11.8 Å². The average Bonchev–Trinajstić information content (AvgIpc) is 3.32. The topological polar surface area (TPSA) is 23.6 Å². The summed E-state index contributed by atoms with van der Waals surface area (Å²) in [5.74, 6) is 1.93. The number of anilines is 1. The monoisotopic (exact) mass is 298 g/mol. The van der Waals surface area contributed by atoms with E-state index in [0.29, 0.717) is 29.7 Å². The van der Waals surface area contributed by atoms with Gasteiger partial charge in [0.2, 0.25) is 5.91 Å². The molecule has 1 aromatic carbocycles. The number of benzene rings is 1. The molecular weight excluding hydrogens is 272 g/mol. The fourth-order valence-corrected chi connectivity index (χ4v) is 4.28. The molecule has 3 nitrogen and oxygen atoms in total. The zero-order valence-electron chi connectivity index (χ0n) is 13.7. The first-order valence-corrected chi connectivity index (χ1v) is 8.79. The number of hydrogen-bond donors (Lipinski definition) is 0. The summed E-state index contributed by atoms with van der Waals surface area (Å²) in [6, 6.07) is 9.43. The highest BCUT2D eigenvalue weighted by Gasteiger charge is 2.44. The zero-order chi connectivity index (χ0) is 15.3. The van der Waals surface area contributed by atoms with E-state index in [1.54, 1.807) is 0 Å². The largest absolute Gasteiger partial charge is 0.367 e. The van der Waals surface area contributed by atoms with Gasteiger partial charge in [-0.2, -0.15) is 0 Å². The fraction of sp³-hybridized carbons (Fsp3) is 0.632. The Morgan fingerprint density at radius 1 is 1.23 bits per heavy atom. The summed E-state index contributed by atoms with van der Waals surface area (Å²) in [5.41, 5.74) is 2.87. The maximum absolute atomic E-state index is 12.4. The molecule has 1 aliphatic carbocycles. The molecule has 0 radical (unpaired) electrons. The Morgan fingerprint density at radius 2 is 2.00 bits per heavy atom. The van der Waals surface area contributed by atoms with E-state index in [2.05, 4.69) is 47.9 Å². The van der Waals surface area contributed by atoms with Gasteiger partial charge in [0.1, 0.15) is 0 Å². The molecule has 1 saturated carbocycles. The maximum atomic E-state index is 12.4. The van der Waals surface area contributed by atoms with Gasteiger partial charge in [0, 0.05) is 43.2 Å². The predicted octanol–water partition coefficient (Wildman–Crippen LogP) is 3.26. The van der Waals surface area contributed by atoms with Crippen molar-refractivity contribution >= 4 is 11.6 Å². The van der Waals surface area contributed by atoms with E-state index < -0.39 is 0 Å². The van der Waals surface area contributed by atoms with Crippen LogP contribution < -0.4 is 4.90 Å². The van der Waals surface area contributed by atoms with Crippen molar-refractivity contribution in [2.45, 2.75) is 45.1 Å². The van der Waals surface area contributed by atoms with E-state index in [-0.39, 0.29) is 0 Å². The van der Waals surface area contributed by atoms with E-state index in [0.717, 1.165) is 38.9 Å². The smallest absolute Gasteiger partial charge is 0.225 e. The third-order valence-electron chi connectivity index (χ3n) is 5.42. The lowest BCUT2D eigenvalue weighted by molar-refractivity contribution is -0.133. The van der Waals surface area contributed by atoms with Crippen molar-refractivity contribution in [3.63, 3.8) is 0 Å². The Morgan fingerprint density at radius 3 is 2.73 bits per heavy atom. The molecule has 1 saturated heterocycles. The lowest BCUT2D eigenvalue weighted by Crippen LogP contribution is -2.49. The van der Waals surface area contributed by atoms with E-state index >= 15 is 0 Å². The Labute approximate surface area is 133 Å². The van der Waals surface area contributed by atoms with E-state index in [4.69, 9.17) is 0 Å². The van der Waals surface area contributed by atoms with Crippen LogP contribution in [0.4, 0.5) is 5.69 Å². The predicted molar refractivity (Wildman–Crippen MR) is 89.1 cm³/mol. The SMILES string of the molecule is CC(C)CN1c2ccccc2[C@@H]2CN(C(=O)C3CC3)CC[C@H]21. The summed E-state index contributed by atoms with van der Waals surface area (Å²) in [6.45, 7) is 7.57. The quantitative estimate of drug-likeness (QED) is 0.855. The number of rotatable bonds is 3. The van der Waals surface area contributed by atoms with Crippen LogP contribution in [0.25, 0.3) is 0 Å². The van der Waals surface area contributed by atoms with Crippen molar-refractivity contribution in [3.05, 3.63) is 29.8 Å². The lowest BCUT2D eigenvalue weighted by atomic mass is 9.88. The number of likely N-dealkylation sites (tertiary alicyclic amines) is 1. The van der Waals surface area contributed by atoms with Crippen LogP contribution in [0.5, 0.6) is 0 Å². The van der Waals surface area contributed by atoms with Crippen LogP contribution >= 0.6 is 0 Å². The molecule has 0 unspecified atom stereocenters. The second-order valence-corrected chi connectivity index (χ2v) is 7.63. The summed E-state index contributed by atoms with van der Waals surface area (Å²) < 4.78 is 0. The van der Waals surface area contributed by atoms with Crippen LogP contribution in [0.3, 0.4) is 0 Å². The van der Waals surface area contributed by atoms with Crippen LogP contribution in [0.1, 0.15) is 44.6 Å². The van der Waals surface area contributed by atoms with Crippen molar-refractivity contribution < 1.29 is 4.79 Å². The minimum Gasteiger partial charge on any atom is -0.367 e. The Kier molecular flexibility index (Phi) is 3.39. The number of para-hydroxylation sites is 1. The fourth-order valence-electron chi connectivity index (χ4n) is 4.28. The molecule has 22 heavy (non-hydrogen) atoms. The summed E-state index contributed by atoms with van der Waals surface area (Å²) in [7, 11) is 0. The molecule has 1 aromatic rings. The second kappa shape index (κ2) is 5.29. The minimum absolute atomic E-state index is 0.347. The average molecular weight is 298 g/mol. The highest BCUT2D eigenvalue weighted by molar-refractivity contribution is 5.81. The summed E-state index contributed by atoms with van der Waals surface area (Å²) in [6.07, 6.45) is 3.34. The van der Waals surface area contributed by atoms with Crippen molar-refractivity contribution in [3.8, 4) is 0 Å². The standard InChI is InChI=1S/C19H26N2O/c1-13(2)11-21-17-6-4-3-5-15(17)16-12-20(10-9-18(16)21)19(22)14-7-8-14/h3-6,13-14,16,18H,7-12H2,1-2H3/t16-,18+/m0/s1. The van der Waals surface area contributed by atoms with Gasteiger partial charge in [-0.1, -0.05) is 32.0 Å². The number of amides is 1. The zero-order valence-corrected chi connectivity index (χ0v) is 13.7. The molecule has 2 aliphatic heterocycles.